The second kappa shape index (κ2) is 9.02. The van der Waals surface area contributed by atoms with Crippen molar-refractivity contribution in [2.24, 2.45) is 5.92 Å². The van der Waals surface area contributed by atoms with E-state index < -0.39 is 0 Å². The lowest BCUT2D eigenvalue weighted by atomic mass is 9.89. The predicted molar refractivity (Wildman–Crippen MR) is 128 cm³/mol. The highest BCUT2D eigenvalue weighted by Gasteiger charge is 2.27. The summed E-state index contributed by atoms with van der Waals surface area (Å²) in [6.07, 6.45) is 10.2. The van der Waals surface area contributed by atoms with Crippen LogP contribution in [0.15, 0.2) is 47.3 Å². The van der Waals surface area contributed by atoms with E-state index >= 15 is 0 Å². The lowest BCUT2D eigenvalue weighted by molar-refractivity contribution is 0.173. The fourth-order valence-corrected chi connectivity index (χ4v) is 5.29. The minimum atomic E-state index is 0.283. The third-order valence-electron chi connectivity index (χ3n) is 7.05. The van der Waals surface area contributed by atoms with Gasteiger partial charge < -0.3 is 20.0 Å². The fraction of sp³-hybridized carbons (Fsp3) is 0.458. The van der Waals surface area contributed by atoms with Crippen LogP contribution in [0.1, 0.15) is 37.2 Å². The van der Waals surface area contributed by atoms with E-state index in [2.05, 4.69) is 47.0 Å². The van der Waals surface area contributed by atoms with Crippen LogP contribution in [-0.2, 0) is 0 Å². The molecule has 176 valence electrons. The SMILES string of the molecule is Nc1nc(N2CCC[C@H](CN3CCC(c4ccncc4)CC3)C2)nc2nc(-c3ccco3)nn12. The molecule has 1 atom stereocenters. The Morgan fingerprint density at radius 1 is 1.00 bits per heavy atom. The van der Waals surface area contributed by atoms with E-state index in [1.165, 1.54) is 29.3 Å². The van der Waals surface area contributed by atoms with Crippen LogP contribution in [0.3, 0.4) is 0 Å². The molecule has 34 heavy (non-hydrogen) atoms. The number of piperidine rings is 2. The van der Waals surface area contributed by atoms with Crippen LogP contribution < -0.4 is 10.6 Å². The van der Waals surface area contributed by atoms with Crippen molar-refractivity contribution in [1.82, 2.24) is 34.4 Å². The average molecular weight is 460 g/mol. The van der Waals surface area contributed by atoms with E-state index in [1.54, 1.807) is 12.3 Å². The molecule has 2 fully saturated rings. The zero-order chi connectivity index (χ0) is 22.9. The molecule has 6 heterocycles. The van der Waals surface area contributed by atoms with Gasteiger partial charge in [-0.25, -0.2) is 0 Å². The van der Waals surface area contributed by atoms with E-state index in [1.807, 2.05) is 18.5 Å². The zero-order valence-corrected chi connectivity index (χ0v) is 19.1. The van der Waals surface area contributed by atoms with Crippen LogP contribution in [0.4, 0.5) is 11.9 Å². The molecule has 0 aliphatic carbocycles. The molecule has 0 radical (unpaired) electrons. The van der Waals surface area contributed by atoms with Crippen molar-refractivity contribution < 1.29 is 4.42 Å². The third kappa shape index (κ3) is 4.21. The van der Waals surface area contributed by atoms with Crippen LogP contribution in [0.25, 0.3) is 17.4 Å². The Kier molecular flexibility index (Phi) is 5.58. The first kappa shape index (κ1) is 21.0. The van der Waals surface area contributed by atoms with Crippen molar-refractivity contribution in [1.29, 1.82) is 0 Å². The first-order valence-corrected chi connectivity index (χ1v) is 12.0. The number of fused-ring (bicyclic) bond motifs is 1. The second-order valence-corrected chi connectivity index (χ2v) is 9.32. The number of hydrogen-bond donors (Lipinski definition) is 1. The lowest BCUT2D eigenvalue weighted by Gasteiger charge is -2.38. The number of hydrogen-bond acceptors (Lipinski definition) is 9. The van der Waals surface area contributed by atoms with Crippen molar-refractivity contribution in [3.05, 3.63) is 48.5 Å². The van der Waals surface area contributed by atoms with Gasteiger partial charge in [-0.15, -0.1) is 5.10 Å². The van der Waals surface area contributed by atoms with Crippen molar-refractivity contribution in [2.75, 3.05) is 43.4 Å². The number of nitrogen functional groups attached to an aromatic ring is 1. The van der Waals surface area contributed by atoms with Crippen molar-refractivity contribution in [3.8, 4) is 11.6 Å². The molecule has 2 saturated heterocycles. The highest BCUT2D eigenvalue weighted by Crippen LogP contribution is 2.29. The molecule has 0 bridgehead atoms. The fourth-order valence-electron chi connectivity index (χ4n) is 5.29. The van der Waals surface area contributed by atoms with Crippen molar-refractivity contribution >= 4 is 17.7 Å². The number of pyridine rings is 1. The summed E-state index contributed by atoms with van der Waals surface area (Å²) in [7, 11) is 0. The average Bonchev–Trinajstić information content (AvgIpc) is 3.56. The summed E-state index contributed by atoms with van der Waals surface area (Å²) in [6, 6.07) is 7.94. The Morgan fingerprint density at radius 3 is 2.65 bits per heavy atom. The van der Waals surface area contributed by atoms with E-state index in [-0.39, 0.29) is 5.95 Å². The minimum Gasteiger partial charge on any atom is -0.461 e. The Hall–Kier alpha value is -3.53. The molecule has 2 aliphatic heterocycles. The predicted octanol–water partition coefficient (Wildman–Crippen LogP) is 2.85. The van der Waals surface area contributed by atoms with Gasteiger partial charge >= 0.3 is 0 Å². The summed E-state index contributed by atoms with van der Waals surface area (Å²) in [6.45, 7) is 5.27. The van der Waals surface area contributed by atoms with Crippen LogP contribution in [0, 0.1) is 5.92 Å². The van der Waals surface area contributed by atoms with Gasteiger partial charge in [0.15, 0.2) is 5.76 Å². The molecule has 0 aromatic carbocycles. The van der Waals surface area contributed by atoms with Gasteiger partial charge in [0, 0.05) is 32.0 Å². The Labute approximate surface area is 197 Å². The highest BCUT2D eigenvalue weighted by atomic mass is 16.3. The van der Waals surface area contributed by atoms with Gasteiger partial charge in [0.1, 0.15) is 0 Å². The molecule has 0 saturated carbocycles. The number of rotatable bonds is 5. The van der Waals surface area contributed by atoms with Crippen LogP contribution >= 0.6 is 0 Å². The Balaban J connectivity index is 1.11. The Morgan fingerprint density at radius 2 is 1.85 bits per heavy atom. The molecule has 4 aromatic rings. The summed E-state index contributed by atoms with van der Waals surface area (Å²) in [4.78, 5) is 22.8. The lowest BCUT2D eigenvalue weighted by Crippen LogP contribution is -2.43. The summed E-state index contributed by atoms with van der Waals surface area (Å²) < 4.78 is 6.88. The Bertz CT molecular complexity index is 1230. The molecule has 4 aromatic heterocycles. The van der Waals surface area contributed by atoms with Gasteiger partial charge in [-0.05, 0) is 80.4 Å². The molecule has 2 aliphatic rings. The number of nitrogens with two attached hydrogens (primary N) is 1. The van der Waals surface area contributed by atoms with Crippen LogP contribution in [-0.4, -0.2) is 67.2 Å². The maximum Gasteiger partial charge on any atom is 0.259 e. The monoisotopic (exact) mass is 459 g/mol. The normalized spacial score (nSPS) is 20.2. The standard InChI is InChI=1S/C24H29N9O/c25-22-28-23(29-24-27-21(30-33(22)24)20-4-2-14-34-20)32-11-1-3-17(16-32)15-31-12-7-19(8-13-31)18-5-9-26-10-6-18/h2,4-6,9-10,14,17,19H,1,3,7-8,11-13,15-16H2,(H2,25,27,28,29,30)/t17-/m1/s1. The summed E-state index contributed by atoms with van der Waals surface area (Å²) in [5.41, 5.74) is 7.64. The first-order chi connectivity index (χ1) is 16.7. The van der Waals surface area contributed by atoms with E-state index in [9.17, 15) is 0 Å². The molecular weight excluding hydrogens is 430 g/mol. The maximum absolute atomic E-state index is 6.22. The van der Waals surface area contributed by atoms with Gasteiger partial charge in [-0.3, -0.25) is 4.98 Å². The summed E-state index contributed by atoms with van der Waals surface area (Å²) >= 11 is 0. The van der Waals surface area contributed by atoms with Crippen LogP contribution in [0.2, 0.25) is 0 Å². The van der Waals surface area contributed by atoms with Crippen LogP contribution in [0.5, 0.6) is 0 Å². The number of aromatic nitrogens is 6. The molecular formula is C24H29N9O. The minimum absolute atomic E-state index is 0.283. The largest absolute Gasteiger partial charge is 0.461 e. The summed E-state index contributed by atoms with van der Waals surface area (Å²) in [5, 5.41) is 4.39. The third-order valence-corrected chi connectivity index (χ3v) is 7.05. The topological polar surface area (TPSA) is 114 Å². The maximum atomic E-state index is 6.22. The molecule has 2 N–H and O–H groups in total. The van der Waals surface area contributed by atoms with Gasteiger partial charge in [-0.1, -0.05) is 0 Å². The van der Waals surface area contributed by atoms with E-state index in [0.29, 0.717) is 35.1 Å². The highest BCUT2D eigenvalue weighted by molar-refractivity contribution is 5.53. The van der Waals surface area contributed by atoms with E-state index in [4.69, 9.17) is 10.2 Å². The second-order valence-electron chi connectivity index (χ2n) is 9.32. The zero-order valence-electron chi connectivity index (χ0n) is 19.1. The van der Waals surface area contributed by atoms with E-state index in [0.717, 1.165) is 39.1 Å². The molecule has 0 amide bonds. The number of furan rings is 1. The molecule has 0 spiro atoms. The van der Waals surface area contributed by atoms with Gasteiger partial charge in [-0.2, -0.15) is 19.5 Å². The quantitative estimate of drug-likeness (QED) is 0.481. The number of anilines is 2. The number of nitrogens with zero attached hydrogens (tertiary/aromatic N) is 8. The smallest absolute Gasteiger partial charge is 0.259 e. The first-order valence-electron chi connectivity index (χ1n) is 12.0. The molecule has 10 heteroatoms. The number of likely N-dealkylation sites (tertiary alicyclic amines) is 1. The molecule has 0 unspecified atom stereocenters. The van der Waals surface area contributed by atoms with Gasteiger partial charge in [0.2, 0.25) is 17.7 Å². The van der Waals surface area contributed by atoms with Gasteiger partial charge in [0.25, 0.3) is 5.78 Å². The van der Waals surface area contributed by atoms with Gasteiger partial charge in [0.05, 0.1) is 6.26 Å². The summed E-state index contributed by atoms with van der Waals surface area (Å²) in [5.74, 6) is 3.62. The van der Waals surface area contributed by atoms with Crippen molar-refractivity contribution in [2.45, 2.75) is 31.6 Å². The van der Waals surface area contributed by atoms with Crippen molar-refractivity contribution in [3.63, 3.8) is 0 Å². The molecule has 6 rings (SSSR count). The molecule has 10 nitrogen and oxygen atoms in total.